The number of aryl methyl sites for hydroxylation is 1. The Morgan fingerprint density at radius 1 is 1.17 bits per heavy atom. The third kappa shape index (κ3) is 6.68. The average molecular weight is 600 g/mol. The molecule has 3 aromatic heterocycles. The average Bonchev–Trinajstić information content (AvgIpc) is 3.53. The summed E-state index contributed by atoms with van der Waals surface area (Å²) in [5.74, 6) is -1.20. The summed E-state index contributed by atoms with van der Waals surface area (Å²) in [5.41, 5.74) is 0.853. The number of hydrogen-bond acceptors (Lipinski definition) is 9. The maximum absolute atomic E-state index is 15.3. The van der Waals surface area contributed by atoms with E-state index in [1.165, 1.54) is 24.4 Å². The summed E-state index contributed by atoms with van der Waals surface area (Å²) >= 11 is 0. The number of fused-ring (bicyclic) bond motifs is 1. The van der Waals surface area contributed by atoms with Crippen LogP contribution >= 0.6 is 0 Å². The molecule has 1 aromatic carbocycles. The second-order valence-corrected chi connectivity index (χ2v) is 17.8. The number of aliphatic hydroxyl groups is 1. The van der Waals surface area contributed by atoms with E-state index in [2.05, 4.69) is 39.8 Å². The third-order valence-corrected chi connectivity index (χ3v) is 8.64. The quantitative estimate of drug-likeness (QED) is 0.171. The van der Waals surface area contributed by atoms with Crippen LogP contribution in [0.4, 0.5) is 8.78 Å². The summed E-state index contributed by atoms with van der Waals surface area (Å²) < 4.78 is 55.5. The first-order valence-electron chi connectivity index (χ1n) is 13.7. The molecule has 1 unspecified atom stereocenters. The molecule has 0 saturated heterocycles. The van der Waals surface area contributed by atoms with E-state index in [0.717, 1.165) is 6.04 Å². The first-order valence-corrected chi connectivity index (χ1v) is 17.4. The van der Waals surface area contributed by atoms with Crippen LogP contribution < -0.4 is 4.74 Å². The normalized spacial score (nSPS) is 17.4. The fourth-order valence-electron chi connectivity index (χ4n) is 4.41. The van der Waals surface area contributed by atoms with Crippen molar-refractivity contribution >= 4 is 25.0 Å². The highest BCUT2D eigenvalue weighted by Crippen LogP contribution is 2.39. The van der Waals surface area contributed by atoms with Gasteiger partial charge in [-0.05, 0) is 29.8 Å². The van der Waals surface area contributed by atoms with Gasteiger partial charge in [-0.3, -0.25) is 4.99 Å². The molecule has 224 valence electrons. The van der Waals surface area contributed by atoms with Crippen LogP contribution in [0.5, 0.6) is 11.5 Å². The van der Waals surface area contributed by atoms with Gasteiger partial charge in [-0.1, -0.05) is 26.6 Å². The molecule has 13 heteroatoms. The van der Waals surface area contributed by atoms with Crippen molar-refractivity contribution in [1.29, 1.82) is 0 Å². The third-order valence-electron chi connectivity index (χ3n) is 6.93. The highest BCUT2D eigenvalue weighted by molar-refractivity contribution is 6.76. The number of rotatable bonds is 11. The van der Waals surface area contributed by atoms with Crippen molar-refractivity contribution in [2.24, 2.45) is 10.4 Å². The summed E-state index contributed by atoms with van der Waals surface area (Å²) in [4.78, 5) is 8.83. The maximum atomic E-state index is 15.3. The Morgan fingerprint density at radius 3 is 2.55 bits per heavy atom. The molecule has 0 amide bonds. The molecule has 0 bridgehead atoms. The maximum Gasteiger partial charge on any atom is 0.250 e. The van der Waals surface area contributed by atoms with Gasteiger partial charge in [0, 0.05) is 45.8 Å². The van der Waals surface area contributed by atoms with Gasteiger partial charge in [0.25, 0.3) is 0 Å². The number of aromatic nitrogens is 4. The number of ether oxygens (including phenoxy) is 3. The van der Waals surface area contributed by atoms with Crippen LogP contribution in [0, 0.1) is 24.0 Å². The largest absolute Gasteiger partial charge is 0.480 e. The van der Waals surface area contributed by atoms with Crippen molar-refractivity contribution in [2.45, 2.75) is 52.7 Å². The Bertz CT molecular complexity index is 1590. The van der Waals surface area contributed by atoms with Crippen LogP contribution in [-0.4, -0.2) is 65.2 Å². The Morgan fingerprint density at radius 2 is 1.93 bits per heavy atom. The lowest BCUT2D eigenvalue weighted by molar-refractivity contribution is 0.0691. The predicted octanol–water partition coefficient (Wildman–Crippen LogP) is 5.75. The minimum absolute atomic E-state index is 0.0653. The Labute approximate surface area is 243 Å². The number of hydrogen-bond donors (Lipinski definition) is 1. The number of nitrogens with zero attached hydrogens (tertiary/aromatic N) is 5. The van der Waals surface area contributed by atoms with Gasteiger partial charge < -0.3 is 28.3 Å². The minimum atomic E-state index is -1.28. The highest BCUT2D eigenvalue weighted by Gasteiger charge is 2.29. The van der Waals surface area contributed by atoms with E-state index in [-0.39, 0.29) is 38.0 Å². The van der Waals surface area contributed by atoms with Gasteiger partial charge in [-0.25, -0.2) is 13.8 Å². The van der Waals surface area contributed by atoms with Crippen molar-refractivity contribution in [3.8, 4) is 23.0 Å². The standard InChI is InChI=1S/C29H35F2N5O5Si/c1-18-34-35-28(40-18)20-13-36(17-38-8-9-42(3,4)5)27-25(20)23(6-7-32-27)41-26-21(30)10-19(11-22(26)31)12-24-33-14-29(2,15-37)16-39-24/h6-7,10-11,13,37H,8-9,12,14-17H2,1-5H3. The van der Waals surface area contributed by atoms with Crippen molar-refractivity contribution in [1.82, 2.24) is 19.7 Å². The number of benzene rings is 1. The summed E-state index contributed by atoms with van der Waals surface area (Å²) in [5, 5.41) is 18.0. The Hall–Kier alpha value is -3.68. The topological polar surface area (TPSA) is 117 Å². The lowest BCUT2D eigenvalue weighted by Gasteiger charge is -2.30. The van der Waals surface area contributed by atoms with Gasteiger partial charge in [0.2, 0.25) is 11.8 Å². The van der Waals surface area contributed by atoms with E-state index in [1.54, 1.807) is 17.7 Å². The molecule has 0 radical (unpaired) electrons. The van der Waals surface area contributed by atoms with Crippen LogP contribution in [0.25, 0.3) is 22.5 Å². The SMILES string of the molecule is Cc1nnc(-c2cn(COCC[Si](C)(C)C)c3nccc(Oc4c(F)cc(CC5=NCC(C)(CO)CO5)cc4F)c23)o1. The summed E-state index contributed by atoms with van der Waals surface area (Å²) in [6.07, 6.45) is 3.37. The molecule has 5 rings (SSSR count). The molecule has 1 atom stereocenters. The molecule has 4 heterocycles. The number of aliphatic hydroxyl groups excluding tert-OH is 1. The van der Waals surface area contributed by atoms with Crippen LogP contribution in [0.1, 0.15) is 18.4 Å². The molecule has 4 aromatic rings. The fourth-order valence-corrected chi connectivity index (χ4v) is 5.16. The molecular weight excluding hydrogens is 564 g/mol. The molecular formula is C29H35F2N5O5Si. The van der Waals surface area contributed by atoms with E-state index in [4.69, 9.17) is 18.6 Å². The molecule has 10 nitrogen and oxygen atoms in total. The Kier molecular flexibility index (Phi) is 8.44. The summed E-state index contributed by atoms with van der Waals surface area (Å²) in [6.45, 7) is 11.8. The lowest BCUT2D eigenvalue weighted by atomic mass is 9.92. The van der Waals surface area contributed by atoms with Crippen molar-refractivity contribution < 1.29 is 32.5 Å². The van der Waals surface area contributed by atoms with Gasteiger partial charge in [0.05, 0.1) is 30.7 Å². The van der Waals surface area contributed by atoms with E-state index in [9.17, 15) is 5.11 Å². The molecule has 0 saturated carbocycles. The van der Waals surface area contributed by atoms with Crippen LogP contribution in [0.15, 0.2) is 40.0 Å². The molecule has 1 aliphatic heterocycles. The van der Waals surface area contributed by atoms with Gasteiger partial charge in [0.1, 0.15) is 18.1 Å². The van der Waals surface area contributed by atoms with Crippen molar-refractivity contribution in [3.63, 3.8) is 0 Å². The first kappa shape index (κ1) is 29.8. The molecule has 0 spiro atoms. The van der Waals surface area contributed by atoms with E-state index < -0.39 is 30.9 Å². The van der Waals surface area contributed by atoms with Gasteiger partial charge >= 0.3 is 0 Å². The zero-order valence-electron chi connectivity index (χ0n) is 24.4. The van der Waals surface area contributed by atoms with Crippen LogP contribution in [-0.2, 0) is 22.6 Å². The van der Waals surface area contributed by atoms with Gasteiger partial charge in [0.15, 0.2) is 23.3 Å². The van der Waals surface area contributed by atoms with Gasteiger partial charge in [-0.15, -0.1) is 10.2 Å². The van der Waals surface area contributed by atoms with Crippen molar-refractivity contribution in [2.75, 3.05) is 26.4 Å². The number of aliphatic imine (C=N–C) groups is 1. The second-order valence-electron chi connectivity index (χ2n) is 12.1. The van der Waals surface area contributed by atoms with E-state index in [0.29, 0.717) is 47.1 Å². The number of halogens is 2. The first-order chi connectivity index (χ1) is 19.9. The lowest BCUT2D eigenvalue weighted by Crippen LogP contribution is -2.36. The molecule has 1 N–H and O–H groups in total. The predicted molar refractivity (Wildman–Crippen MR) is 155 cm³/mol. The monoisotopic (exact) mass is 599 g/mol. The minimum Gasteiger partial charge on any atom is -0.480 e. The molecule has 0 fully saturated rings. The zero-order valence-corrected chi connectivity index (χ0v) is 25.4. The number of pyridine rings is 1. The Balaban J connectivity index is 1.44. The van der Waals surface area contributed by atoms with Crippen LogP contribution in [0.3, 0.4) is 0 Å². The second kappa shape index (κ2) is 11.9. The zero-order chi connectivity index (χ0) is 30.1. The van der Waals surface area contributed by atoms with E-state index >= 15 is 8.78 Å². The smallest absolute Gasteiger partial charge is 0.250 e. The molecule has 1 aliphatic rings. The van der Waals surface area contributed by atoms with Crippen LogP contribution in [0.2, 0.25) is 25.7 Å². The van der Waals surface area contributed by atoms with Crippen molar-refractivity contribution in [3.05, 3.63) is 53.7 Å². The van der Waals surface area contributed by atoms with Gasteiger partial charge in [-0.2, -0.15) is 0 Å². The molecule has 42 heavy (non-hydrogen) atoms. The highest BCUT2D eigenvalue weighted by atomic mass is 28.3. The summed E-state index contributed by atoms with van der Waals surface area (Å²) in [7, 11) is -1.28. The molecule has 0 aliphatic carbocycles. The summed E-state index contributed by atoms with van der Waals surface area (Å²) in [6, 6.07) is 4.92. The fraction of sp³-hybridized carbons (Fsp3) is 0.448. The van der Waals surface area contributed by atoms with E-state index in [1.807, 2.05) is 6.92 Å².